The summed E-state index contributed by atoms with van der Waals surface area (Å²) in [6.45, 7) is 0.628. The van der Waals surface area contributed by atoms with Gasteiger partial charge in [0.15, 0.2) is 11.5 Å². The van der Waals surface area contributed by atoms with E-state index >= 15 is 0 Å². The first-order chi connectivity index (χ1) is 14.1. The maximum Gasteiger partial charge on any atom is 0.228 e. The molecule has 0 unspecified atom stereocenters. The summed E-state index contributed by atoms with van der Waals surface area (Å²) >= 11 is 8.18. The Hall–Kier alpha value is -2.50. The quantitative estimate of drug-likeness (QED) is 0.566. The van der Waals surface area contributed by atoms with Gasteiger partial charge in [0.2, 0.25) is 5.91 Å². The predicted molar refractivity (Wildman–Crippen MR) is 116 cm³/mol. The van der Waals surface area contributed by atoms with E-state index in [4.69, 9.17) is 21.1 Å². The molecule has 0 spiro atoms. The average Bonchev–Trinajstić information content (AvgIpc) is 3.25. The molecular formula is C23H22ClNO3S. The number of rotatable bonds is 5. The molecule has 1 aliphatic heterocycles. The highest BCUT2D eigenvalue weighted by Gasteiger charge is 2.34. The van der Waals surface area contributed by atoms with Crippen molar-refractivity contribution in [2.45, 2.75) is 18.9 Å². The van der Waals surface area contributed by atoms with E-state index in [-0.39, 0.29) is 11.9 Å². The number of nitrogens with zero attached hydrogens (tertiary/aromatic N) is 1. The van der Waals surface area contributed by atoms with Gasteiger partial charge >= 0.3 is 0 Å². The number of carbonyl (C=O) groups excluding carboxylic acids is 1. The molecule has 0 radical (unpaired) electrons. The van der Waals surface area contributed by atoms with E-state index < -0.39 is 0 Å². The molecule has 29 heavy (non-hydrogen) atoms. The van der Waals surface area contributed by atoms with Crippen molar-refractivity contribution in [1.82, 2.24) is 4.90 Å². The molecular weight excluding hydrogens is 406 g/mol. The van der Waals surface area contributed by atoms with Crippen LogP contribution in [0.15, 0.2) is 53.9 Å². The van der Waals surface area contributed by atoms with Gasteiger partial charge < -0.3 is 14.4 Å². The van der Waals surface area contributed by atoms with Crippen LogP contribution in [0.2, 0.25) is 5.02 Å². The predicted octanol–water partition coefficient (Wildman–Crippen LogP) is 5.14. The Morgan fingerprint density at radius 1 is 1.10 bits per heavy atom. The van der Waals surface area contributed by atoms with Crippen molar-refractivity contribution in [3.63, 3.8) is 0 Å². The Balaban J connectivity index is 1.81. The van der Waals surface area contributed by atoms with Crippen LogP contribution in [0.4, 0.5) is 0 Å². The summed E-state index contributed by atoms with van der Waals surface area (Å²) in [5, 5.41) is 2.64. The Labute approximate surface area is 179 Å². The maximum absolute atomic E-state index is 13.3. The minimum Gasteiger partial charge on any atom is -0.493 e. The summed E-state index contributed by atoms with van der Waals surface area (Å²) in [5.41, 5.74) is 3.09. The second-order valence-electron chi connectivity index (χ2n) is 6.92. The number of halogens is 1. The maximum atomic E-state index is 13.3. The number of carbonyl (C=O) groups is 1. The molecule has 0 saturated carbocycles. The number of hydrogen-bond donors (Lipinski definition) is 0. The standard InChI is InChI=1S/C23H22ClNO3S/c1-27-20-12-15-9-10-25(22(26)13-16-6-5-11-29-16)23(18(15)14-21(20)28-2)17-7-3-4-8-19(17)24/h3-8,11-12,14,23H,9-10,13H2,1-2H3/t23-/m1/s1. The molecule has 2 heterocycles. The van der Waals surface area contributed by atoms with Gasteiger partial charge in [-0.2, -0.15) is 0 Å². The van der Waals surface area contributed by atoms with Crippen LogP contribution in [0.25, 0.3) is 0 Å². The van der Waals surface area contributed by atoms with Crippen molar-refractivity contribution >= 4 is 28.8 Å². The lowest BCUT2D eigenvalue weighted by molar-refractivity contribution is -0.132. The van der Waals surface area contributed by atoms with Crippen LogP contribution >= 0.6 is 22.9 Å². The molecule has 0 N–H and O–H groups in total. The lowest BCUT2D eigenvalue weighted by Gasteiger charge is -2.38. The lowest BCUT2D eigenvalue weighted by Crippen LogP contribution is -2.41. The van der Waals surface area contributed by atoms with Crippen LogP contribution in [0.3, 0.4) is 0 Å². The van der Waals surface area contributed by atoms with Gasteiger partial charge in [-0.05, 0) is 52.8 Å². The van der Waals surface area contributed by atoms with Crippen molar-refractivity contribution in [2.24, 2.45) is 0 Å². The first kappa shape index (κ1) is 19.8. The number of hydrogen-bond acceptors (Lipinski definition) is 4. The Bertz CT molecular complexity index is 1020. The minimum atomic E-state index is -0.264. The highest BCUT2D eigenvalue weighted by Crippen LogP contribution is 2.42. The zero-order chi connectivity index (χ0) is 20.4. The number of thiophene rings is 1. The van der Waals surface area contributed by atoms with Gasteiger partial charge in [-0.1, -0.05) is 35.9 Å². The molecule has 0 bridgehead atoms. The van der Waals surface area contributed by atoms with E-state index in [9.17, 15) is 4.79 Å². The molecule has 150 valence electrons. The highest BCUT2D eigenvalue weighted by molar-refractivity contribution is 7.10. The first-order valence-electron chi connectivity index (χ1n) is 9.43. The van der Waals surface area contributed by atoms with Gasteiger partial charge in [-0.3, -0.25) is 4.79 Å². The van der Waals surface area contributed by atoms with Gasteiger partial charge in [0, 0.05) is 16.4 Å². The average molecular weight is 428 g/mol. The van der Waals surface area contributed by atoms with Crippen LogP contribution in [-0.4, -0.2) is 31.6 Å². The molecule has 1 amide bonds. The topological polar surface area (TPSA) is 38.8 Å². The number of ether oxygens (including phenoxy) is 2. The largest absolute Gasteiger partial charge is 0.493 e. The second kappa shape index (κ2) is 8.47. The van der Waals surface area contributed by atoms with Crippen LogP contribution in [0, 0.1) is 0 Å². The van der Waals surface area contributed by atoms with Crippen molar-refractivity contribution in [2.75, 3.05) is 20.8 Å². The normalized spacial score (nSPS) is 15.7. The monoisotopic (exact) mass is 427 g/mol. The van der Waals surface area contributed by atoms with E-state index in [2.05, 4.69) is 0 Å². The number of amides is 1. The van der Waals surface area contributed by atoms with E-state index in [0.29, 0.717) is 29.5 Å². The van der Waals surface area contributed by atoms with Crippen LogP contribution < -0.4 is 9.47 Å². The summed E-state index contributed by atoms with van der Waals surface area (Å²) in [4.78, 5) is 16.3. The van der Waals surface area contributed by atoms with Crippen LogP contribution in [0.1, 0.15) is 27.6 Å². The molecule has 2 aromatic carbocycles. The van der Waals surface area contributed by atoms with Gasteiger partial charge in [0.25, 0.3) is 0 Å². The van der Waals surface area contributed by atoms with Crippen molar-refractivity contribution in [1.29, 1.82) is 0 Å². The third-order valence-electron chi connectivity index (χ3n) is 5.30. The van der Waals surface area contributed by atoms with E-state index in [1.165, 1.54) is 0 Å². The molecule has 4 nitrogen and oxygen atoms in total. The van der Waals surface area contributed by atoms with Gasteiger partial charge in [-0.25, -0.2) is 0 Å². The fraction of sp³-hybridized carbons (Fsp3) is 0.261. The Morgan fingerprint density at radius 2 is 1.86 bits per heavy atom. The van der Waals surface area contributed by atoms with Crippen molar-refractivity contribution in [3.8, 4) is 11.5 Å². The third kappa shape index (κ3) is 3.85. The second-order valence-corrected chi connectivity index (χ2v) is 8.36. The zero-order valence-electron chi connectivity index (χ0n) is 16.4. The molecule has 1 atom stereocenters. The molecule has 0 aliphatic carbocycles. The van der Waals surface area contributed by atoms with Crippen molar-refractivity contribution < 1.29 is 14.3 Å². The van der Waals surface area contributed by atoms with E-state index in [0.717, 1.165) is 28.0 Å². The first-order valence-corrected chi connectivity index (χ1v) is 10.7. The van der Waals surface area contributed by atoms with Gasteiger partial charge in [-0.15, -0.1) is 11.3 Å². The fourth-order valence-electron chi connectivity index (χ4n) is 3.91. The molecule has 1 aliphatic rings. The number of benzene rings is 2. The molecule has 3 aromatic rings. The Kier molecular flexibility index (Phi) is 5.79. The summed E-state index contributed by atoms with van der Waals surface area (Å²) in [6.07, 6.45) is 1.15. The summed E-state index contributed by atoms with van der Waals surface area (Å²) in [7, 11) is 3.26. The number of methoxy groups -OCH3 is 2. The molecule has 4 rings (SSSR count). The third-order valence-corrected chi connectivity index (χ3v) is 6.52. The van der Waals surface area contributed by atoms with Gasteiger partial charge in [0.1, 0.15) is 0 Å². The fourth-order valence-corrected chi connectivity index (χ4v) is 4.85. The summed E-state index contributed by atoms with van der Waals surface area (Å²) < 4.78 is 11.0. The molecule has 1 aromatic heterocycles. The molecule has 0 saturated heterocycles. The van der Waals surface area contributed by atoms with Crippen LogP contribution in [0.5, 0.6) is 11.5 Å². The molecule has 6 heteroatoms. The van der Waals surface area contributed by atoms with E-state index in [1.807, 2.05) is 58.8 Å². The van der Waals surface area contributed by atoms with Gasteiger partial charge in [0.05, 0.1) is 26.7 Å². The van der Waals surface area contributed by atoms with Crippen molar-refractivity contribution in [3.05, 3.63) is 80.5 Å². The smallest absolute Gasteiger partial charge is 0.228 e. The summed E-state index contributed by atoms with van der Waals surface area (Å²) in [6, 6.07) is 15.4. The van der Waals surface area contributed by atoms with E-state index in [1.54, 1.807) is 25.6 Å². The molecule has 0 fully saturated rings. The zero-order valence-corrected chi connectivity index (χ0v) is 17.9. The minimum absolute atomic E-state index is 0.0952. The SMILES string of the molecule is COc1cc2c(cc1OC)[C@@H](c1ccccc1Cl)N(C(=O)Cc1cccs1)CC2. The summed E-state index contributed by atoms with van der Waals surface area (Å²) in [5.74, 6) is 1.44. The lowest BCUT2D eigenvalue weighted by atomic mass is 9.87. The number of fused-ring (bicyclic) bond motifs is 1. The highest BCUT2D eigenvalue weighted by atomic mass is 35.5. The van der Waals surface area contributed by atoms with Crippen LogP contribution in [-0.2, 0) is 17.6 Å². The Morgan fingerprint density at radius 3 is 2.55 bits per heavy atom.